The molecule has 0 saturated heterocycles. The number of nitrogens with two attached hydrogens (primary N) is 1. The zero-order valence-corrected chi connectivity index (χ0v) is 10.7. The fraction of sp³-hybridized carbons (Fsp3) is 0. The molecule has 1 amide bonds. The van der Waals surface area contributed by atoms with E-state index in [1.807, 2.05) is 18.2 Å². The Hall–Kier alpha value is -1.77. The number of anilines is 2. The first-order valence-electron chi connectivity index (χ1n) is 5.10. The van der Waals surface area contributed by atoms with E-state index < -0.39 is 0 Å². The third-order valence-electron chi connectivity index (χ3n) is 2.30. The maximum absolute atomic E-state index is 12.0. The van der Waals surface area contributed by atoms with E-state index in [-0.39, 0.29) is 5.91 Å². The van der Waals surface area contributed by atoms with E-state index in [4.69, 9.17) is 5.73 Å². The Labute approximate surface area is 108 Å². The van der Waals surface area contributed by atoms with Crippen molar-refractivity contribution in [3.63, 3.8) is 0 Å². The summed E-state index contributed by atoms with van der Waals surface area (Å²) in [6.07, 6.45) is 0. The molecule has 17 heavy (non-hydrogen) atoms. The molecule has 2 aromatic carbocycles. The van der Waals surface area contributed by atoms with Crippen molar-refractivity contribution >= 4 is 37.8 Å². The Morgan fingerprint density at radius 1 is 1.06 bits per heavy atom. The van der Waals surface area contributed by atoms with Crippen molar-refractivity contribution in [3.05, 3.63) is 54.1 Å². The van der Waals surface area contributed by atoms with Crippen LogP contribution in [0.25, 0.3) is 0 Å². The van der Waals surface area contributed by atoms with Crippen LogP contribution in [0.2, 0.25) is 0 Å². The molecule has 0 aliphatic heterocycles. The minimum atomic E-state index is -0.135. The SMILES string of the molecule is Nc1ccc(NC(=O)c2ccccc2[Se])cc1. The molecule has 0 saturated carbocycles. The number of hydrogen-bond donors (Lipinski definition) is 2. The second kappa shape index (κ2) is 5.04. The summed E-state index contributed by atoms with van der Waals surface area (Å²) in [7, 11) is 0. The average molecular weight is 290 g/mol. The Balaban J connectivity index is 2.17. The summed E-state index contributed by atoms with van der Waals surface area (Å²) in [6, 6.07) is 14.4. The monoisotopic (exact) mass is 291 g/mol. The van der Waals surface area contributed by atoms with Gasteiger partial charge in [0.25, 0.3) is 0 Å². The van der Waals surface area contributed by atoms with Crippen LogP contribution in [0.3, 0.4) is 0 Å². The molecule has 3 nitrogen and oxygen atoms in total. The Bertz CT molecular complexity index is 537. The summed E-state index contributed by atoms with van der Waals surface area (Å²) in [5.41, 5.74) is 7.61. The Morgan fingerprint density at radius 2 is 1.71 bits per heavy atom. The number of rotatable bonds is 2. The van der Waals surface area contributed by atoms with Crippen LogP contribution in [-0.4, -0.2) is 21.9 Å². The molecule has 0 unspecified atom stereocenters. The van der Waals surface area contributed by atoms with E-state index in [1.54, 1.807) is 30.3 Å². The molecule has 0 bridgehead atoms. The molecule has 2 rings (SSSR count). The van der Waals surface area contributed by atoms with Crippen molar-refractivity contribution in [2.24, 2.45) is 0 Å². The molecule has 0 atom stereocenters. The molecule has 3 N–H and O–H groups in total. The zero-order valence-electron chi connectivity index (χ0n) is 9.01. The summed E-state index contributed by atoms with van der Waals surface area (Å²) in [5.74, 6) is -0.135. The Kier molecular flexibility index (Phi) is 3.47. The normalized spacial score (nSPS) is 9.88. The van der Waals surface area contributed by atoms with Crippen LogP contribution in [0, 0.1) is 0 Å². The Morgan fingerprint density at radius 3 is 2.35 bits per heavy atom. The van der Waals surface area contributed by atoms with Gasteiger partial charge in [0.05, 0.1) is 0 Å². The molecule has 0 aromatic heterocycles. The van der Waals surface area contributed by atoms with E-state index in [0.717, 1.165) is 10.1 Å². The van der Waals surface area contributed by atoms with Gasteiger partial charge in [0.2, 0.25) is 0 Å². The third-order valence-corrected chi connectivity index (χ3v) is 3.05. The van der Waals surface area contributed by atoms with Crippen molar-refractivity contribution in [2.75, 3.05) is 11.1 Å². The number of hydrogen-bond acceptors (Lipinski definition) is 2. The first-order valence-corrected chi connectivity index (χ1v) is 5.95. The van der Waals surface area contributed by atoms with Crippen LogP contribution < -0.4 is 15.5 Å². The second-order valence-corrected chi connectivity index (χ2v) is 4.50. The van der Waals surface area contributed by atoms with Gasteiger partial charge in [0, 0.05) is 0 Å². The summed E-state index contributed by atoms with van der Waals surface area (Å²) in [5, 5.41) is 2.81. The molecule has 0 heterocycles. The number of nitrogens with one attached hydrogen (secondary N) is 1. The van der Waals surface area contributed by atoms with Gasteiger partial charge in [-0.05, 0) is 0 Å². The fourth-order valence-corrected chi connectivity index (χ4v) is 1.92. The topological polar surface area (TPSA) is 55.1 Å². The number of benzene rings is 2. The van der Waals surface area contributed by atoms with E-state index in [0.29, 0.717) is 11.3 Å². The van der Waals surface area contributed by atoms with E-state index in [9.17, 15) is 4.79 Å². The number of carbonyl (C=O) groups is 1. The molecule has 0 aliphatic carbocycles. The fourth-order valence-electron chi connectivity index (χ4n) is 1.42. The van der Waals surface area contributed by atoms with E-state index >= 15 is 0 Å². The predicted octanol–water partition coefficient (Wildman–Crippen LogP) is 1.31. The van der Waals surface area contributed by atoms with Crippen molar-refractivity contribution in [1.29, 1.82) is 0 Å². The van der Waals surface area contributed by atoms with Gasteiger partial charge < -0.3 is 0 Å². The van der Waals surface area contributed by atoms with E-state index in [1.165, 1.54) is 0 Å². The molecule has 2 aromatic rings. The van der Waals surface area contributed by atoms with Gasteiger partial charge in [0.1, 0.15) is 0 Å². The van der Waals surface area contributed by atoms with Crippen molar-refractivity contribution in [1.82, 2.24) is 0 Å². The zero-order chi connectivity index (χ0) is 12.3. The number of carbonyl (C=O) groups excluding carboxylic acids is 1. The minimum absolute atomic E-state index is 0.135. The van der Waals surface area contributed by atoms with Crippen LogP contribution >= 0.6 is 0 Å². The quantitative estimate of drug-likeness (QED) is 0.647. The molecular weight excluding hydrogens is 279 g/mol. The second-order valence-electron chi connectivity index (χ2n) is 3.57. The molecule has 0 aliphatic rings. The third kappa shape index (κ3) is 2.87. The van der Waals surface area contributed by atoms with Crippen molar-refractivity contribution < 1.29 is 4.79 Å². The molecule has 0 fully saturated rings. The standard InChI is InChI=1S/C13H11N2OSe/c14-9-5-7-10(8-6-9)15-13(16)11-3-1-2-4-12(11)17/h1-8H,14H2,(H,15,16). The van der Waals surface area contributed by atoms with Gasteiger partial charge in [0.15, 0.2) is 0 Å². The van der Waals surface area contributed by atoms with Gasteiger partial charge in [-0.2, -0.15) is 0 Å². The summed E-state index contributed by atoms with van der Waals surface area (Å²) in [6.45, 7) is 0. The predicted molar refractivity (Wildman–Crippen MR) is 70.6 cm³/mol. The molecule has 4 heteroatoms. The van der Waals surface area contributed by atoms with Crippen molar-refractivity contribution in [3.8, 4) is 0 Å². The average Bonchev–Trinajstić information content (AvgIpc) is 2.32. The van der Waals surface area contributed by atoms with Gasteiger partial charge >= 0.3 is 108 Å². The first kappa shape index (κ1) is 11.7. The van der Waals surface area contributed by atoms with Crippen LogP contribution in [0.4, 0.5) is 11.4 Å². The molecule has 1 radical (unpaired) electrons. The van der Waals surface area contributed by atoms with Gasteiger partial charge in [-0.25, -0.2) is 0 Å². The maximum atomic E-state index is 12.0. The summed E-state index contributed by atoms with van der Waals surface area (Å²) in [4.78, 5) is 12.0. The number of nitrogen functional groups attached to an aromatic ring is 1. The van der Waals surface area contributed by atoms with E-state index in [2.05, 4.69) is 21.3 Å². The molecule has 85 valence electrons. The van der Waals surface area contributed by atoms with Gasteiger partial charge in [-0.15, -0.1) is 0 Å². The van der Waals surface area contributed by atoms with Crippen LogP contribution in [0.15, 0.2) is 48.5 Å². The summed E-state index contributed by atoms with van der Waals surface area (Å²) >= 11 is 2.87. The number of amides is 1. The van der Waals surface area contributed by atoms with Crippen molar-refractivity contribution in [2.45, 2.75) is 0 Å². The van der Waals surface area contributed by atoms with Crippen LogP contribution in [-0.2, 0) is 0 Å². The van der Waals surface area contributed by atoms with Crippen LogP contribution in [0.5, 0.6) is 0 Å². The molecular formula is C13H11N2OSe. The van der Waals surface area contributed by atoms with Crippen LogP contribution in [0.1, 0.15) is 10.4 Å². The first-order chi connectivity index (χ1) is 8.16. The van der Waals surface area contributed by atoms with Gasteiger partial charge in [-0.1, -0.05) is 0 Å². The molecule has 0 spiro atoms. The van der Waals surface area contributed by atoms with Gasteiger partial charge in [-0.3, -0.25) is 0 Å². The summed E-state index contributed by atoms with van der Waals surface area (Å²) < 4.78 is 0.834.